The molecule has 0 bridgehead atoms. The fourth-order valence-electron chi connectivity index (χ4n) is 8.19. The number of hydrogen-bond acceptors (Lipinski definition) is 4. The van der Waals surface area contributed by atoms with E-state index in [1.807, 2.05) is 11.8 Å². The van der Waals surface area contributed by atoms with Crippen molar-refractivity contribution in [2.75, 3.05) is 10.2 Å². The monoisotopic (exact) mass is 696 g/mol. The van der Waals surface area contributed by atoms with Gasteiger partial charge in [-0.1, -0.05) is 139 Å². The van der Waals surface area contributed by atoms with Gasteiger partial charge in [0.15, 0.2) is 0 Å². The fraction of sp³-hybridized carbons (Fsp3) is 0.0204. The summed E-state index contributed by atoms with van der Waals surface area (Å²) in [5.74, 6) is 0. The summed E-state index contributed by atoms with van der Waals surface area (Å²) in [6, 6.07) is 65.5. The van der Waals surface area contributed by atoms with Crippen LogP contribution < -0.4 is 10.2 Å². The third kappa shape index (κ3) is 4.91. The molecule has 4 heteroatoms. The van der Waals surface area contributed by atoms with Gasteiger partial charge < -0.3 is 14.6 Å². The largest absolute Gasteiger partial charge is 0.456 e. The lowest BCUT2D eigenvalue weighted by molar-refractivity contribution is 0.669. The lowest BCUT2D eigenvalue weighted by Gasteiger charge is -2.28. The van der Waals surface area contributed by atoms with Crippen molar-refractivity contribution >= 4 is 88.8 Å². The van der Waals surface area contributed by atoms with Crippen LogP contribution in [0.5, 0.6) is 0 Å². The maximum absolute atomic E-state index is 6.53. The predicted molar refractivity (Wildman–Crippen MR) is 225 cm³/mol. The normalized spacial score (nSPS) is 13.9. The van der Waals surface area contributed by atoms with Gasteiger partial charge in [-0.2, -0.15) is 0 Å². The van der Waals surface area contributed by atoms with Crippen molar-refractivity contribution in [2.45, 2.75) is 10.3 Å². The van der Waals surface area contributed by atoms with E-state index in [-0.39, 0.29) is 5.37 Å². The zero-order chi connectivity index (χ0) is 34.9. The Morgan fingerprint density at radius 1 is 0.491 bits per heavy atom. The van der Waals surface area contributed by atoms with Gasteiger partial charge in [0, 0.05) is 38.0 Å². The number of fused-ring (bicyclic) bond motifs is 10. The molecule has 53 heavy (non-hydrogen) atoms. The highest BCUT2D eigenvalue weighted by Gasteiger charge is 2.26. The van der Waals surface area contributed by atoms with Gasteiger partial charge in [0.25, 0.3) is 0 Å². The third-order valence-corrected chi connectivity index (χ3v) is 11.9. The summed E-state index contributed by atoms with van der Waals surface area (Å²) in [4.78, 5) is 3.67. The van der Waals surface area contributed by atoms with Crippen LogP contribution in [-0.4, -0.2) is 0 Å². The Balaban J connectivity index is 1.08. The highest BCUT2D eigenvalue weighted by Crippen LogP contribution is 2.51. The van der Waals surface area contributed by atoms with Crippen molar-refractivity contribution in [1.29, 1.82) is 0 Å². The Morgan fingerprint density at radius 2 is 1.21 bits per heavy atom. The molecule has 1 unspecified atom stereocenters. The van der Waals surface area contributed by atoms with Crippen LogP contribution in [0.2, 0.25) is 0 Å². The highest BCUT2D eigenvalue weighted by molar-refractivity contribution is 8.00. The molecule has 3 nitrogen and oxygen atoms in total. The standard InChI is InChI=1S/C49H32N2OS/c1-3-12-34(13-4-1)49-50-48-45(53-49)28-24-33-20-19-32-21-25-37(30-41(32)46(33)48)51(36-14-5-2-6-15-36)42-18-10-9-16-38(42)35-22-26-40-44(29-35)52-43-27-23-31-11-7-8-17-39(31)47(40)43/h1-30,49-50H. The molecule has 0 saturated carbocycles. The van der Waals surface area contributed by atoms with Crippen molar-refractivity contribution in [1.82, 2.24) is 0 Å². The topological polar surface area (TPSA) is 28.4 Å². The molecule has 1 N–H and O–H groups in total. The van der Waals surface area contributed by atoms with E-state index in [4.69, 9.17) is 4.42 Å². The number of furan rings is 1. The van der Waals surface area contributed by atoms with Crippen molar-refractivity contribution in [3.63, 3.8) is 0 Å². The zero-order valence-electron chi connectivity index (χ0n) is 28.7. The van der Waals surface area contributed by atoms with Crippen LogP contribution in [0, 0.1) is 0 Å². The van der Waals surface area contributed by atoms with Crippen LogP contribution in [0.25, 0.3) is 65.4 Å². The van der Waals surface area contributed by atoms with E-state index in [1.165, 1.54) is 53.8 Å². The molecule has 1 aliphatic heterocycles. The lowest BCUT2D eigenvalue weighted by atomic mass is 9.97. The van der Waals surface area contributed by atoms with E-state index >= 15 is 0 Å². The summed E-state index contributed by atoms with van der Waals surface area (Å²) in [6.45, 7) is 0. The van der Waals surface area contributed by atoms with Crippen molar-refractivity contribution in [3.05, 3.63) is 188 Å². The first-order valence-corrected chi connectivity index (χ1v) is 18.9. The number of thioether (sulfide) groups is 1. The maximum atomic E-state index is 6.53. The second kappa shape index (κ2) is 12.0. The van der Waals surface area contributed by atoms with E-state index in [0.29, 0.717) is 0 Å². The number of rotatable bonds is 5. The first-order valence-electron chi connectivity index (χ1n) is 18.0. The summed E-state index contributed by atoms with van der Waals surface area (Å²) in [5, 5.41) is 13.7. The van der Waals surface area contributed by atoms with Gasteiger partial charge in [-0.3, -0.25) is 0 Å². The summed E-state index contributed by atoms with van der Waals surface area (Å²) in [6.07, 6.45) is 0. The van der Waals surface area contributed by atoms with E-state index in [9.17, 15) is 0 Å². The summed E-state index contributed by atoms with van der Waals surface area (Å²) in [5.41, 5.74) is 9.82. The first kappa shape index (κ1) is 30.2. The van der Waals surface area contributed by atoms with Gasteiger partial charge in [0.05, 0.1) is 11.4 Å². The van der Waals surface area contributed by atoms with Crippen LogP contribution in [0.3, 0.4) is 0 Å². The molecular formula is C49H32N2OS. The number of nitrogens with zero attached hydrogens (tertiary/aromatic N) is 1. The van der Waals surface area contributed by atoms with Gasteiger partial charge in [-0.15, -0.1) is 0 Å². The molecule has 250 valence electrons. The summed E-state index contributed by atoms with van der Waals surface area (Å²) in [7, 11) is 0. The van der Waals surface area contributed by atoms with E-state index < -0.39 is 0 Å². The molecule has 9 aromatic carbocycles. The minimum Gasteiger partial charge on any atom is -0.456 e. The minimum atomic E-state index is 0.172. The van der Waals surface area contributed by atoms with Crippen molar-refractivity contribution < 1.29 is 4.42 Å². The smallest absolute Gasteiger partial charge is 0.136 e. The predicted octanol–water partition coefficient (Wildman–Crippen LogP) is 14.4. The number of hydrogen-bond donors (Lipinski definition) is 1. The first-order chi connectivity index (χ1) is 26.3. The third-order valence-electron chi connectivity index (χ3n) is 10.7. The summed E-state index contributed by atoms with van der Waals surface area (Å²) < 4.78 is 6.53. The van der Waals surface area contributed by atoms with E-state index in [2.05, 4.69) is 192 Å². The van der Waals surface area contributed by atoms with E-state index in [1.54, 1.807) is 0 Å². The molecule has 1 aliphatic rings. The number of nitrogens with one attached hydrogen (secondary N) is 1. The SMILES string of the molecule is c1ccc(C2Nc3c(ccc4ccc5ccc(N(c6ccccc6)c6ccccc6-c6ccc7c(c6)oc6ccc8ccccc8c67)cc5c34)S2)cc1. The Kier molecular flexibility index (Phi) is 6.86. The molecule has 0 aliphatic carbocycles. The number of anilines is 4. The fourth-order valence-corrected chi connectivity index (χ4v) is 9.34. The van der Waals surface area contributed by atoms with Gasteiger partial charge >= 0.3 is 0 Å². The van der Waals surface area contributed by atoms with Crippen LogP contribution in [0.1, 0.15) is 10.9 Å². The van der Waals surface area contributed by atoms with Crippen molar-refractivity contribution in [2.24, 2.45) is 0 Å². The Hall–Kier alpha value is -6.49. The number of para-hydroxylation sites is 2. The Morgan fingerprint density at radius 3 is 2.11 bits per heavy atom. The average Bonchev–Trinajstić information content (AvgIpc) is 3.84. The van der Waals surface area contributed by atoms with Crippen LogP contribution >= 0.6 is 11.8 Å². The van der Waals surface area contributed by atoms with Crippen molar-refractivity contribution in [3.8, 4) is 11.1 Å². The van der Waals surface area contributed by atoms with Gasteiger partial charge in [-0.25, -0.2) is 0 Å². The molecule has 0 saturated heterocycles. The minimum absolute atomic E-state index is 0.172. The van der Waals surface area contributed by atoms with Crippen LogP contribution in [-0.2, 0) is 0 Å². The summed E-state index contributed by atoms with van der Waals surface area (Å²) >= 11 is 1.89. The molecule has 1 atom stereocenters. The molecule has 10 aromatic rings. The average molecular weight is 697 g/mol. The number of benzene rings is 9. The highest BCUT2D eigenvalue weighted by atomic mass is 32.2. The molecule has 0 amide bonds. The maximum Gasteiger partial charge on any atom is 0.136 e. The quantitative estimate of drug-likeness (QED) is 0.181. The second-order valence-electron chi connectivity index (χ2n) is 13.7. The molecule has 2 heterocycles. The Bertz CT molecular complexity index is 3030. The van der Waals surface area contributed by atoms with E-state index in [0.717, 1.165) is 44.7 Å². The molecule has 0 spiro atoms. The second-order valence-corrected chi connectivity index (χ2v) is 14.9. The molecule has 11 rings (SSSR count). The molecular weight excluding hydrogens is 665 g/mol. The molecule has 1 aromatic heterocycles. The van der Waals surface area contributed by atoms with Gasteiger partial charge in [-0.05, 0) is 92.7 Å². The Labute approximate surface area is 311 Å². The lowest BCUT2D eigenvalue weighted by Crippen LogP contribution is -2.11. The molecule has 0 radical (unpaired) electrons. The van der Waals surface area contributed by atoms with Gasteiger partial charge in [0.1, 0.15) is 16.5 Å². The van der Waals surface area contributed by atoms with Gasteiger partial charge in [0.2, 0.25) is 0 Å². The van der Waals surface area contributed by atoms with Crippen LogP contribution in [0.4, 0.5) is 22.7 Å². The van der Waals surface area contributed by atoms with Crippen LogP contribution in [0.15, 0.2) is 191 Å². The molecule has 0 fully saturated rings. The zero-order valence-corrected chi connectivity index (χ0v) is 29.5.